The lowest BCUT2D eigenvalue weighted by Crippen LogP contribution is -2.51. The Bertz CT molecular complexity index is 1530. The lowest BCUT2D eigenvalue weighted by Gasteiger charge is -2.31. The number of carbonyl (C=O) groups is 2. The van der Waals surface area contributed by atoms with Crippen LogP contribution in [0.4, 0.5) is 17.6 Å². The summed E-state index contributed by atoms with van der Waals surface area (Å²) >= 11 is 0. The van der Waals surface area contributed by atoms with Crippen molar-refractivity contribution in [2.75, 3.05) is 26.9 Å². The summed E-state index contributed by atoms with van der Waals surface area (Å²) in [5.74, 6) is -2.11. The van der Waals surface area contributed by atoms with Gasteiger partial charge in [-0.05, 0) is 62.4 Å². The number of nitrogens with two attached hydrogens (primary N) is 2. The molecule has 0 bridgehead atoms. The number of primary amides is 1. The minimum Gasteiger partial charge on any atom is -0.493 e. The van der Waals surface area contributed by atoms with Gasteiger partial charge in [-0.25, -0.2) is 9.37 Å². The number of carbonyl (C=O) groups excluding carboxylic acids is 2. The van der Waals surface area contributed by atoms with Crippen LogP contribution in [-0.4, -0.2) is 61.0 Å². The maximum Gasteiger partial charge on any atom is 0.424 e. The molecular formula is C29H30F4N4O6. The average Bonchev–Trinajstić information content (AvgIpc) is 3.31. The summed E-state index contributed by atoms with van der Waals surface area (Å²) in [5, 5.41) is 13.3. The van der Waals surface area contributed by atoms with Gasteiger partial charge in [-0.15, -0.1) is 0 Å². The number of hydrogen-bond donors (Lipinski definition) is 4. The highest BCUT2D eigenvalue weighted by Gasteiger charge is 2.57. The molecule has 43 heavy (non-hydrogen) atoms. The number of pyridine rings is 1. The van der Waals surface area contributed by atoms with Gasteiger partial charge in [0, 0.05) is 22.7 Å². The van der Waals surface area contributed by atoms with Crippen LogP contribution in [0.1, 0.15) is 35.5 Å². The van der Waals surface area contributed by atoms with Crippen molar-refractivity contribution in [2.24, 2.45) is 11.5 Å². The van der Waals surface area contributed by atoms with Crippen LogP contribution in [0.3, 0.4) is 0 Å². The fraction of sp³-hybridized carbons (Fsp3) is 0.345. The van der Waals surface area contributed by atoms with Crippen molar-refractivity contribution < 1.29 is 46.5 Å². The van der Waals surface area contributed by atoms with E-state index in [2.05, 4.69) is 10.3 Å². The van der Waals surface area contributed by atoms with Gasteiger partial charge >= 0.3 is 6.18 Å². The third-order valence-corrected chi connectivity index (χ3v) is 7.06. The maximum atomic E-state index is 14.6. The number of amides is 2. The summed E-state index contributed by atoms with van der Waals surface area (Å²) < 4.78 is 73.8. The molecule has 1 aliphatic heterocycles. The molecule has 0 spiro atoms. The monoisotopic (exact) mass is 606 g/mol. The lowest BCUT2D eigenvalue weighted by atomic mass is 9.81. The Morgan fingerprint density at radius 3 is 2.42 bits per heavy atom. The zero-order chi connectivity index (χ0) is 31.7. The number of benzene rings is 2. The Kier molecular flexibility index (Phi) is 8.56. The van der Waals surface area contributed by atoms with Crippen LogP contribution < -0.4 is 31.0 Å². The molecule has 10 nitrogen and oxygen atoms in total. The zero-order valence-corrected chi connectivity index (χ0v) is 23.4. The molecule has 1 aliphatic rings. The Balaban J connectivity index is 1.74. The van der Waals surface area contributed by atoms with Crippen molar-refractivity contribution >= 4 is 11.8 Å². The number of nitrogens with zero attached hydrogens (tertiary/aromatic N) is 1. The van der Waals surface area contributed by atoms with Crippen LogP contribution >= 0.6 is 0 Å². The molecule has 230 valence electrons. The van der Waals surface area contributed by atoms with Crippen molar-refractivity contribution in [3.05, 3.63) is 71.2 Å². The number of rotatable bonds is 10. The van der Waals surface area contributed by atoms with Crippen LogP contribution in [0.25, 0.3) is 11.3 Å². The van der Waals surface area contributed by atoms with E-state index in [4.69, 9.17) is 25.7 Å². The van der Waals surface area contributed by atoms with Gasteiger partial charge in [0.1, 0.15) is 35.9 Å². The summed E-state index contributed by atoms with van der Waals surface area (Å²) in [6.07, 6.45) is -5.36. The topological polar surface area (TPSA) is 159 Å². The van der Waals surface area contributed by atoms with Crippen molar-refractivity contribution in [3.8, 4) is 28.5 Å². The number of fused-ring (bicyclic) bond motifs is 1. The van der Waals surface area contributed by atoms with Crippen molar-refractivity contribution in [3.63, 3.8) is 0 Å². The molecule has 14 heteroatoms. The largest absolute Gasteiger partial charge is 0.493 e. The molecule has 0 aliphatic carbocycles. The first-order valence-corrected chi connectivity index (χ1v) is 13.0. The third kappa shape index (κ3) is 6.06. The van der Waals surface area contributed by atoms with Crippen LogP contribution in [0.5, 0.6) is 17.2 Å². The number of ether oxygens (including phenoxy) is 3. The first-order chi connectivity index (χ1) is 20.1. The molecule has 2 amide bonds. The molecule has 0 saturated carbocycles. The second-order valence-electron chi connectivity index (χ2n) is 10.4. The van der Waals surface area contributed by atoms with E-state index in [0.717, 1.165) is 18.2 Å². The summed E-state index contributed by atoms with van der Waals surface area (Å²) in [6.45, 7) is 1.58. The Labute approximate surface area is 243 Å². The zero-order valence-electron chi connectivity index (χ0n) is 23.4. The minimum absolute atomic E-state index is 0.0383. The van der Waals surface area contributed by atoms with E-state index in [0.29, 0.717) is 0 Å². The van der Waals surface area contributed by atoms with E-state index in [1.807, 2.05) is 0 Å². The predicted octanol–water partition coefficient (Wildman–Crippen LogP) is 2.94. The first-order valence-electron chi connectivity index (χ1n) is 13.0. The highest BCUT2D eigenvalue weighted by Crippen LogP contribution is 2.47. The quantitative estimate of drug-likeness (QED) is 0.257. The number of alkyl halides is 3. The van der Waals surface area contributed by atoms with Crippen molar-refractivity contribution in [1.29, 1.82) is 0 Å². The van der Waals surface area contributed by atoms with E-state index in [-0.39, 0.29) is 58.9 Å². The molecular weight excluding hydrogens is 576 g/mol. The highest BCUT2D eigenvalue weighted by molar-refractivity contribution is 5.95. The number of halogens is 4. The molecule has 3 aromatic rings. The fourth-order valence-electron chi connectivity index (χ4n) is 4.40. The summed E-state index contributed by atoms with van der Waals surface area (Å²) in [4.78, 5) is 29.4. The smallest absolute Gasteiger partial charge is 0.424 e. The maximum absolute atomic E-state index is 14.6. The summed E-state index contributed by atoms with van der Waals surface area (Å²) in [6, 6.07) is 9.19. The van der Waals surface area contributed by atoms with Gasteiger partial charge in [0.25, 0.3) is 5.91 Å². The second kappa shape index (κ2) is 11.7. The molecule has 2 aromatic carbocycles. The number of hydrogen-bond acceptors (Lipinski definition) is 8. The Hall–Kier alpha value is -4.43. The van der Waals surface area contributed by atoms with Gasteiger partial charge in [0.2, 0.25) is 11.5 Å². The van der Waals surface area contributed by atoms with Crippen molar-refractivity contribution in [2.45, 2.75) is 37.1 Å². The molecule has 3 atom stereocenters. The van der Waals surface area contributed by atoms with Crippen LogP contribution in [0, 0.1) is 5.82 Å². The molecule has 2 heterocycles. The molecule has 0 fully saturated rings. The number of aromatic nitrogens is 1. The van der Waals surface area contributed by atoms with Gasteiger partial charge in [-0.2, -0.15) is 13.2 Å². The van der Waals surface area contributed by atoms with E-state index in [1.54, 1.807) is 6.92 Å². The van der Waals surface area contributed by atoms with Gasteiger partial charge in [-0.1, -0.05) is 0 Å². The minimum atomic E-state index is -5.36. The van der Waals surface area contributed by atoms with Gasteiger partial charge in [0.15, 0.2) is 11.5 Å². The normalized spacial score (nSPS) is 18.2. The Morgan fingerprint density at radius 1 is 1.16 bits per heavy atom. The van der Waals surface area contributed by atoms with Crippen LogP contribution in [0.2, 0.25) is 0 Å². The second-order valence-corrected chi connectivity index (χ2v) is 10.4. The van der Waals surface area contributed by atoms with Gasteiger partial charge in [-0.3, -0.25) is 9.59 Å². The van der Waals surface area contributed by atoms with Crippen LogP contribution in [-0.2, 0) is 15.8 Å². The molecule has 4 rings (SSSR count). The van der Waals surface area contributed by atoms with Gasteiger partial charge < -0.3 is 36.1 Å². The van der Waals surface area contributed by atoms with E-state index >= 15 is 0 Å². The van der Waals surface area contributed by atoms with Crippen molar-refractivity contribution in [1.82, 2.24) is 10.3 Å². The predicted molar refractivity (Wildman–Crippen MR) is 146 cm³/mol. The molecule has 1 unspecified atom stereocenters. The average molecular weight is 607 g/mol. The lowest BCUT2D eigenvalue weighted by molar-refractivity contribution is -0.265. The van der Waals surface area contributed by atoms with E-state index in [9.17, 15) is 32.3 Å². The first kappa shape index (κ1) is 31.5. The van der Waals surface area contributed by atoms with E-state index in [1.165, 1.54) is 44.4 Å². The van der Waals surface area contributed by atoms with E-state index < -0.39 is 47.1 Å². The SMILES string of the molecule is COc1cc(C(=O)NCC(O)(c2cc3c(c(-c4ccc(F)cc4)n2)OC[C@]3(C)C(N)=O)C(F)(F)F)ccc1OC[C@@H](C)N. The molecule has 0 saturated heterocycles. The molecule has 1 aromatic heterocycles. The number of nitrogens with one attached hydrogen (secondary N) is 1. The molecule has 6 N–H and O–H groups in total. The van der Waals surface area contributed by atoms with Gasteiger partial charge in [0.05, 0.1) is 19.3 Å². The Morgan fingerprint density at radius 2 is 1.84 bits per heavy atom. The molecule has 0 radical (unpaired) electrons. The number of aliphatic hydroxyl groups is 1. The summed E-state index contributed by atoms with van der Waals surface area (Å²) in [7, 11) is 1.32. The van der Waals surface area contributed by atoms with Crippen LogP contribution in [0.15, 0.2) is 48.5 Å². The number of methoxy groups -OCH3 is 1. The fourth-order valence-corrected chi connectivity index (χ4v) is 4.40. The third-order valence-electron chi connectivity index (χ3n) is 7.06. The highest BCUT2D eigenvalue weighted by atomic mass is 19.4. The summed E-state index contributed by atoms with van der Waals surface area (Å²) in [5.41, 5.74) is 4.85. The standard InChI is InChI=1S/C29H30F4N4O6/c1-15(34)12-42-20-9-6-17(10-21(20)41-3)25(38)36-13-28(40,29(31,32)33)22-11-19-24(43-14-27(19,2)26(35)39)23(37-22)16-4-7-18(30)8-5-16/h4-11,15,40H,12-14,34H2,1-3H3,(H2,35,39)(H,36,38)/t15-,27+,28?/m1/s1.